The number of carboxylic acid groups (broad SMARTS) is 1. The van der Waals surface area contributed by atoms with Gasteiger partial charge in [-0.25, -0.2) is 0 Å². The Morgan fingerprint density at radius 1 is 1.32 bits per heavy atom. The van der Waals surface area contributed by atoms with Crippen LogP contribution in [0.4, 0.5) is 0 Å². The molecule has 2 aromatic rings. The molecule has 1 aliphatic carbocycles. The monoisotopic (exact) mass is 398 g/mol. The predicted octanol–water partition coefficient (Wildman–Crippen LogP) is 3.45. The number of rotatable bonds is 6. The van der Waals surface area contributed by atoms with Crippen molar-refractivity contribution < 1.29 is 14.7 Å². The molecule has 2 aliphatic rings. The van der Waals surface area contributed by atoms with Gasteiger partial charge in [-0.1, -0.05) is 42.3 Å². The number of nitrogens with one attached hydrogen (secondary N) is 1. The van der Waals surface area contributed by atoms with Gasteiger partial charge in [0.15, 0.2) is 0 Å². The molecule has 2 heterocycles. The van der Waals surface area contributed by atoms with Crippen molar-refractivity contribution >= 4 is 23.2 Å². The molecule has 5 nitrogen and oxygen atoms in total. The number of thiophene rings is 1. The zero-order valence-electron chi connectivity index (χ0n) is 16.1. The molecule has 1 aliphatic heterocycles. The Morgan fingerprint density at radius 2 is 2.11 bits per heavy atom. The number of hydrogen-bond acceptors (Lipinski definition) is 4. The first-order valence-electron chi connectivity index (χ1n) is 9.83. The maximum absolute atomic E-state index is 12.8. The third kappa shape index (κ3) is 3.59. The Hall–Kier alpha value is -2.18. The molecule has 2 N–H and O–H groups in total. The van der Waals surface area contributed by atoms with Gasteiger partial charge in [0.25, 0.3) is 0 Å². The van der Waals surface area contributed by atoms with Crippen LogP contribution in [-0.2, 0) is 9.59 Å². The molecule has 0 radical (unpaired) electrons. The largest absolute Gasteiger partial charge is 0.481 e. The number of aliphatic carboxylic acids is 1. The maximum atomic E-state index is 12.8. The van der Waals surface area contributed by atoms with E-state index < -0.39 is 11.4 Å². The van der Waals surface area contributed by atoms with E-state index in [4.69, 9.17) is 0 Å². The summed E-state index contributed by atoms with van der Waals surface area (Å²) in [6.45, 7) is 3.48. The molecule has 1 aromatic carbocycles. The van der Waals surface area contributed by atoms with E-state index in [9.17, 15) is 14.7 Å². The summed E-state index contributed by atoms with van der Waals surface area (Å²) in [4.78, 5) is 27.8. The van der Waals surface area contributed by atoms with Crippen molar-refractivity contribution in [3.05, 3.63) is 57.8 Å². The first kappa shape index (κ1) is 19.2. The van der Waals surface area contributed by atoms with E-state index in [-0.39, 0.29) is 24.4 Å². The second-order valence-electron chi connectivity index (χ2n) is 8.15. The zero-order valence-corrected chi connectivity index (χ0v) is 16.9. The Balaban J connectivity index is 1.45. The van der Waals surface area contributed by atoms with Gasteiger partial charge in [0.2, 0.25) is 5.91 Å². The van der Waals surface area contributed by atoms with Crippen molar-refractivity contribution in [2.24, 2.45) is 11.3 Å². The summed E-state index contributed by atoms with van der Waals surface area (Å²) in [5, 5.41) is 14.9. The fourth-order valence-electron chi connectivity index (χ4n) is 4.81. The van der Waals surface area contributed by atoms with Crippen LogP contribution in [0.5, 0.6) is 0 Å². The molecule has 1 unspecified atom stereocenters. The number of carbonyl (C=O) groups is 2. The van der Waals surface area contributed by atoms with Crippen molar-refractivity contribution in [1.82, 2.24) is 10.2 Å². The fraction of sp³-hybridized carbons (Fsp3) is 0.455. The summed E-state index contributed by atoms with van der Waals surface area (Å²) in [7, 11) is 0. The van der Waals surface area contributed by atoms with Crippen molar-refractivity contribution in [1.29, 1.82) is 0 Å². The molecular formula is C22H26N2O3S. The van der Waals surface area contributed by atoms with Gasteiger partial charge in [-0.15, -0.1) is 11.3 Å². The van der Waals surface area contributed by atoms with E-state index in [2.05, 4.69) is 29.6 Å². The number of hydrogen-bond donors (Lipinski definition) is 2. The quantitative estimate of drug-likeness (QED) is 0.782. The van der Waals surface area contributed by atoms with Gasteiger partial charge in [0, 0.05) is 18.0 Å². The van der Waals surface area contributed by atoms with Gasteiger partial charge in [0.05, 0.1) is 18.0 Å². The van der Waals surface area contributed by atoms with Crippen LogP contribution in [0.25, 0.3) is 0 Å². The minimum absolute atomic E-state index is 0.0560. The Morgan fingerprint density at radius 3 is 2.75 bits per heavy atom. The van der Waals surface area contributed by atoms with Crippen LogP contribution in [0.2, 0.25) is 0 Å². The number of aryl methyl sites for hydroxylation is 1. The Kier molecular flexibility index (Phi) is 5.25. The average Bonchev–Trinajstić information content (AvgIpc) is 3.36. The number of benzene rings is 1. The third-order valence-corrected chi connectivity index (χ3v) is 7.22. The molecule has 1 saturated carbocycles. The number of carboxylic acids is 1. The van der Waals surface area contributed by atoms with Crippen LogP contribution < -0.4 is 5.32 Å². The summed E-state index contributed by atoms with van der Waals surface area (Å²) in [6, 6.07) is 12.1. The van der Waals surface area contributed by atoms with E-state index in [1.807, 2.05) is 29.3 Å². The molecule has 148 valence electrons. The van der Waals surface area contributed by atoms with Gasteiger partial charge < -0.3 is 10.4 Å². The third-order valence-electron chi connectivity index (χ3n) is 6.28. The lowest BCUT2D eigenvalue weighted by Gasteiger charge is -2.24. The van der Waals surface area contributed by atoms with Crippen LogP contribution in [0.3, 0.4) is 0 Å². The van der Waals surface area contributed by atoms with Crippen LogP contribution in [0, 0.1) is 18.3 Å². The number of amides is 1. The highest BCUT2D eigenvalue weighted by molar-refractivity contribution is 7.10. The fourth-order valence-corrected chi connectivity index (χ4v) is 5.61. The predicted molar refractivity (Wildman–Crippen MR) is 109 cm³/mol. The molecule has 1 aromatic heterocycles. The molecule has 1 saturated heterocycles. The first-order valence-corrected chi connectivity index (χ1v) is 10.7. The Bertz CT molecular complexity index is 849. The standard InChI is InChI=1S/C22H26N2O3S/c1-15-6-8-16(9-7-15)20(18-5-3-11-28-18)23-19(25)13-24-12-17-4-2-10-22(17,14-24)21(26)27/h3,5-9,11,17,20H,2,4,10,12-14H2,1H3,(H,23,25)(H,26,27)/t17-,20?,22+/m0/s1. The smallest absolute Gasteiger partial charge is 0.311 e. The SMILES string of the molecule is Cc1ccc(C(NC(=O)CN2C[C@@H]3CCC[C@@]3(C(=O)O)C2)c2cccs2)cc1. The number of carbonyl (C=O) groups excluding carboxylic acids is 1. The minimum Gasteiger partial charge on any atom is -0.481 e. The molecule has 2 fully saturated rings. The molecule has 28 heavy (non-hydrogen) atoms. The first-order chi connectivity index (χ1) is 13.5. The van der Waals surface area contributed by atoms with Gasteiger partial charge in [-0.2, -0.15) is 0 Å². The van der Waals surface area contributed by atoms with E-state index in [1.54, 1.807) is 11.3 Å². The molecule has 0 bridgehead atoms. The van der Waals surface area contributed by atoms with Gasteiger partial charge in [0.1, 0.15) is 0 Å². The second kappa shape index (κ2) is 7.68. The van der Waals surface area contributed by atoms with Crippen molar-refractivity contribution in [3.63, 3.8) is 0 Å². The summed E-state index contributed by atoms with van der Waals surface area (Å²) in [6.07, 6.45) is 2.66. The minimum atomic E-state index is -0.700. The highest BCUT2D eigenvalue weighted by Gasteiger charge is 2.54. The van der Waals surface area contributed by atoms with E-state index in [1.165, 1.54) is 5.56 Å². The van der Waals surface area contributed by atoms with E-state index in [0.717, 1.165) is 29.7 Å². The highest BCUT2D eigenvalue weighted by Crippen LogP contribution is 2.48. The second-order valence-corrected chi connectivity index (χ2v) is 9.13. The van der Waals surface area contributed by atoms with Crippen molar-refractivity contribution in [2.75, 3.05) is 19.6 Å². The lowest BCUT2D eigenvalue weighted by atomic mass is 9.81. The number of fused-ring (bicyclic) bond motifs is 1. The summed E-state index contributed by atoms with van der Waals surface area (Å²) in [5.74, 6) is -0.587. The van der Waals surface area contributed by atoms with Gasteiger partial charge in [-0.05, 0) is 42.7 Å². The molecule has 1 amide bonds. The lowest BCUT2D eigenvalue weighted by Crippen LogP contribution is -2.40. The maximum Gasteiger partial charge on any atom is 0.311 e. The lowest BCUT2D eigenvalue weighted by molar-refractivity contribution is -0.149. The summed E-state index contributed by atoms with van der Waals surface area (Å²) >= 11 is 1.63. The topological polar surface area (TPSA) is 69.6 Å². The van der Waals surface area contributed by atoms with Crippen LogP contribution in [0.1, 0.15) is 41.3 Å². The molecule has 3 atom stereocenters. The summed E-state index contributed by atoms with van der Waals surface area (Å²) < 4.78 is 0. The normalized spacial score (nSPS) is 25.4. The summed E-state index contributed by atoms with van der Waals surface area (Å²) in [5.41, 5.74) is 1.59. The van der Waals surface area contributed by atoms with E-state index in [0.29, 0.717) is 13.1 Å². The highest BCUT2D eigenvalue weighted by atomic mass is 32.1. The van der Waals surface area contributed by atoms with Gasteiger partial charge >= 0.3 is 5.97 Å². The molecule has 6 heteroatoms. The van der Waals surface area contributed by atoms with Gasteiger partial charge in [-0.3, -0.25) is 14.5 Å². The molecular weight excluding hydrogens is 372 g/mol. The van der Waals surface area contributed by atoms with Crippen LogP contribution >= 0.6 is 11.3 Å². The molecule has 4 rings (SSSR count). The van der Waals surface area contributed by atoms with Crippen molar-refractivity contribution in [2.45, 2.75) is 32.2 Å². The Labute approximate surface area is 169 Å². The number of likely N-dealkylation sites (tertiary alicyclic amines) is 1. The van der Waals surface area contributed by atoms with Crippen LogP contribution in [0.15, 0.2) is 41.8 Å². The van der Waals surface area contributed by atoms with Crippen LogP contribution in [-0.4, -0.2) is 41.5 Å². The van der Waals surface area contributed by atoms with E-state index >= 15 is 0 Å². The zero-order chi connectivity index (χ0) is 19.7. The number of nitrogens with zero attached hydrogens (tertiary/aromatic N) is 1. The average molecular weight is 399 g/mol. The molecule has 0 spiro atoms. The van der Waals surface area contributed by atoms with Crippen molar-refractivity contribution in [3.8, 4) is 0 Å².